The number of hydrogen-bond acceptors (Lipinski definition) is 7. The monoisotopic (exact) mass is 493 g/mol. The van der Waals surface area contributed by atoms with Gasteiger partial charge in [-0.25, -0.2) is 5.48 Å². The number of nitrogens with zero attached hydrogens (tertiary/aromatic N) is 1. The molecular weight excluding hydrogens is 462 g/mol. The van der Waals surface area contributed by atoms with Crippen LogP contribution in [0.2, 0.25) is 0 Å². The summed E-state index contributed by atoms with van der Waals surface area (Å²) in [5.74, 6) is 0.285. The fourth-order valence-corrected chi connectivity index (χ4v) is 4.03. The van der Waals surface area contributed by atoms with Gasteiger partial charge in [0.2, 0.25) is 5.91 Å². The van der Waals surface area contributed by atoms with Crippen molar-refractivity contribution in [1.29, 1.82) is 0 Å². The zero-order chi connectivity index (χ0) is 25.2. The third kappa shape index (κ3) is 7.17. The normalized spacial score (nSPS) is 14.2. The van der Waals surface area contributed by atoms with Gasteiger partial charge in [0, 0.05) is 29.1 Å². The summed E-state index contributed by atoms with van der Waals surface area (Å²) in [7, 11) is 0. The summed E-state index contributed by atoms with van der Waals surface area (Å²) >= 11 is 0. The number of carbonyl (C=O) groups excluding carboxylic acids is 2. The van der Waals surface area contributed by atoms with Crippen molar-refractivity contribution in [1.82, 2.24) is 15.7 Å². The second kappa shape index (κ2) is 12.9. The number of carbonyl (C=O) groups is 2. The number of nitrogens with one attached hydrogen (secondary N) is 2. The van der Waals surface area contributed by atoms with Crippen LogP contribution in [0.25, 0.3) is 16.5 Å². The van der Waals surface area contributed by atoms with Gasteiger partial charge < -0.3 is 24.1 Å². The van der Waals surface area contributed by atoms with Crippen molar-refractivity contribution in [2.75, 3.05) is 46.0 Å². The molecule has 0 bridgehead atoms. The second-order valence-corrected chi connectivity index (χ2v) is 8.52. The molecule has 0 unspecified atom stereocenters. The van der Waals surface area contributed by atoms with E-state index in [0.717, 1.165) is 30.6 Å². The maximum absolute atomic E-state index is 12.6. The van der Waals surface area contributed by atoms with E-state index in [-0.39, 0.29) is 25.7 Å². The highest BCUT2D eigenvalue weighted by Crippen LogP contribution is 2.25. The molecule has 36 heavy (non-hydrogen) atoms. The van der Waals surface area contributed by atoms with Crippen molar-refractivity contribution in [3.63, 3.8) is 0 Å². The second-order valence-electron chi connectivity index (χ2n) is 8.52. The topological polar surface area (TPSA) is 113 Å². The third-order valence-corrected chi connectivity index (χ3v) is 5.94. The van der Waals surface area contributed by atoms with Crippen molar-refractivity contribution in [2.45, 2.75) is 12.8 Å². The number of amides is 2. The molecule has 0 radical (unpaired) electrons. The van der Waals surface area contributed by atoms with Gasteiger partial charge in [-0.2, -0.15) is 0 Å². The largest absolute Gasteiger partial charge is 0.492 e. The lowest BCUT2D eigenvalue weighted by atomic mass is 10.1. The molecule has 9 nitrogen and oxygen atoms in total. The molecule has 2 aromatic carbocycles. The van der Waals surface area contributed by atoms with Gasteiger partial charge >= 0.3 is 0 Å². The molecule has 1 saturated heterocycles. The molecule has 3 N–H and O–H groups in total. The zero-order valence-electron chi connectivity index (χ0n) is 20.1. The van der Waals surface area contributed by atoms with E-state index in [0.29, 0.717) is 29.3 Å². The van der Waals surface area contributed by atoms with E-state index in [2.05, 4.69) is 10.2 Å². The summed E-state index contributed by atoms with van der Waals surface area (Å²) in [4.78, 5) is 26.4. The fourth-order valence-electron chi connectivity index (χ4n) is 4.03. The first-order valence-electron chi connectivity index (χ1n) is 12.1. The lowest BCUT2D eigenvalue weighted by Crippen LogP contribution is -2.27. The molecule has 4 rings (SSSR count). The number of fused-ring (bicyclic) bond motifs is 1. The molecule has 0 atom stereocenters. The molecule has 1 fully saturated rings. The van der Waals surface area contributed by atoms with Gasteiger partial charge in [-0.3, -0.25) is 14.8 Å². The predicted octanol–water partition coefficient (Wildman–Crippen LogP) is 3.24. The Bertz CT molecular complexity index is 1150. The summed E-state index contributed by atoms with van der Waals surface area (Å²) in [6.45, 7) is 4.50. The van der Waals surface area contributed by atoms with Crippen LogP contribution < -0.4 is 15.5 Å². The maximum atomic E-state index is 12.6. The van der Waals surface area contributed by atoms with Crippen molar-refractivity contribution in [3.8, 4) is 5.75 Å². The van der Waals surface area contributed by atoms with Crippen LogP contribution in [0.5, 0.6) is 5.75 Å². The Morgan fingerprint density at radius 3 is 2.58 bits per heavy atom. The van der Waals surface area contributed by atoms with Crippen LogP contribution in [0.15, 0.2) is 65.1 Å². The number of ether oxygens (including phenoxy) is 2. The Hall–Kier alpha value is -3.66. The number of benzene rings is 2. The van der Waals surface area contributed by atoms with Crippen LogP contribution in [-0.4, -0.2) is 67.9 Å². The molecule has 0 spiro atoms. The summed E-state index contributed by atoms with van der Waals surface area (Å²) < 4.78 is 17.5. The number of hydrogen-bond donors (Lipinski definition) is 3. The minimum atomic E-state index is -0.596. The molecule has 0 saturated carbocycles. The Morgan fingerprint density at radius 1 is 1.06 bits per heavy atom. The number of rotatable bonds is 12. The van der Waals surface area contributed by atoms with Gasteiger partial charge in [0.15, 0.2) is 0 Å². The van der Waals surface area contributed by atoms with E-state index in [1.807, 2.05) is 30.3 Å². The molecule has 9 heteroatoms. The molecule has 0 aliphatic carbocycles. The van der Waals surface area contributed by atoms with Gasteiger partial charge in [-0.05, 0) is 62.3 Å². The van der Waals surface area contributed by atoms with Crippen molar-refractivity contribution < 1.29 is 28.7 Å². The van der Waals surface area contributed by atoms with Gasteiger partial charge in [0.05, 0.1) is 19.8 Å². The van der Waals surface area contributed by atoms with Crippen LogP contribution in [0, 0.1) is 0 Å². The van der Waals surface area contributed by atoms with Gasteiger partial charge in [0.1, 0.15) is 23.7 Å². The standard InChI is InChI=1S/C27H31N3O6/c31-26(28-11-15-35-23-9-7-20(8-10-23)27(32)29-33)18-22(19-34-16-14-30-12-3-4-13-30)25-17-21-5-1-2-6-24(21)36-25/h1-2,5-10,17-18,33H,3-4,11-16,19H2,(H,28,31)(H,29,32)/b22-18+. The molecule has 1 aliphatic heterocycles. The SMILES string of the molecule is O=C(/C=C(\COCCN1CCCC1)c1cc2ccccc2o1)NCCOc1ccc(C(=O)NO)cc1. The first-order valence-corrected chi connectivity index (χ1v) is 12.1. The summed E-state index contributed by atoms with van der Waals surface area (Å²) in [5, 5.41) is 12.5. The molecule has 2 amide bonds. The molecule has 1 aliphatic rings. The van der Waals surface area contributed by atoms with Crippen LogP contribution in [-0.2, 0) is 9.53 Å². The summed E-state index contributed by atoms with van der Waals surface area (Å²) in [6.07, 6.45) is 3.98. The van der Waals surface area contributed by atoms with E-state index in [9.17, 15) is 9.59 Å². The highest BCUT2D eigenvalue weighted by Gasteiger charge is 2.14. The number of furan rings is 1. The van der Waals surface area contributed by atoms with E-state index >= 15 is 0 Å². The van der Waals surface area contributed by atoms with Crippen LogP contribution >= 0.6 is 0 Å². The maximum Gasteiger partial charge on any atom is 0.274 e. The summed E-state index contributed by atoms with van der Waals surface area (Å²) in [5.41, 5.74) is 3.31. The summed E-state index contributed by atoms with van der Waals surface area (Å²) in [6, 6.07) is 15.9. The van der Waals surface area contributed by atoms with Crippen molar-refractivity contribution in [2.24, 2.45) is 0 Å². The van der Waals surface area contributed by atoms with E-state index in [1.165, 1.54) is 31.1 Å². The van der Waals surface area contributed by atoms with Crippen LogP contribution in [0.4, 0.5) is 0 Å². The van der Waals surface area contributed by atoms with E-state index in [1.54, 1.807) is 17.6 Å². The van der Waals surface area contributed by atoms with Gasteiger partial charge in [0.25, 0.3) is 5.91 Å². The smallest absolute Gasteiger partial charge is 0.274 e. The van der Waals surface area contributed by atoms with Crippen LogP contribution in [0.1, 0.15) is 29.0 Å². The first kappa shape index (κ1) is 25.4. The molecule has 190 valence electrons. The Labute approximate surface area is 209 Å². The quantitative estimate of drug-likeness (QED) is 0.154. The lowest BCUT2D eigenvalue weighted by Gasteiger charge is -2.14. The average Bonchev–Trinajstić information content (AvgIpc) is 3.58. The average molecular weight is 494 g/mol. The minimum absolute atomic E-state index is 0.247. The van der Waals surface area contributed by atoms with Gasteiger partial charge in [-0.1, -0.05) is 18.2 Å². The van der Waals surface area contributed by atoms with Gasteiger partial charge in [-0.15, -0.1) is 0 Å². The number of likely N-dealkylation sites (tertiary alicyclic amines) is 1. The Kier molecular flexibility index (Phi) is 9.09. The third-order valence-electron chi connectivity index (χ3n) is 5.94. The number of para-hydroxylation sites is 1. The number of hydroxylamine groups is 1. The zero-order valence-corrected chi connectivity index (χ0v) is 20.1. The lowest BCUT2D eigenvalue weighted by molar-refractivity contribution is -0.116. The highest BCUT2D eigenvalue weighted by molar-refractivity contribution is 5.96. The van der Waals surface area contributed by atoms with E-state index in [4.69, 9.17) is 19.1 Å². The Balaban J connectivity index is 1.31. The van der Waals surface area contributed by atoms with Crippen molar-refractivity contribution >= 4 is 28.4 Å². The predicted molar refractivity (Wildman–Crippen MR) is 135 cm³/mol. The Morgan fingerprint density at radius 2 is 1.83 bits per heavy atom. The van der Waals surface area contributed by atoms with Crippen LogP contribution in [0.3, 0.4) is 0 Å². The molecular formula is C27H31N3O6. The fraction of sp³-hybridized carbons (Fsp3) is 0.333. The van der Waals surface area contributed by atoms with E-state index < -0.39 is 5.91 Å². The molecule has 2 heterocycles. The highest BCUT2D eigenvalue weighted by atomic mass is 16.5. The van der Waals surface area contributed by atoms with Crippen molar-refractivity contribution in [3.05, 3.63) is 72.0 Å². The molecule has 3 aromatic rings. The first-order chi connectivity index (χ1) is 17.6. The minimum Gasteiger partial charge on any atom is -0.492 e. The molecule has 1 aromatic heterocycles.